The molecule has 226 valence electrons. The molecule has 1 aliphatic heterocycles. The minimum atomic E-state index is -4.55. The number of halogens is 7. The van der Waals surface area contributed by atoms with Crippen molar-refractivity contribution >= 4 is 33.5 Å². The second kappa shape index (κ2) is 11.0. The number of pyridine rings is 3. The standard InChI is InChI=1S/C14H9ClF3N3O.C14H9F3N4O/c1-21-11-3-2-8(22-9-4-5-19-12(15)7-9)6-10(11)13(20-21)14(16,17)18;15-14(16,17)13-12-11-6-10(7-19-12)22-9-1-3-18-8(5-9)2-4-21(11)20-13/h2-7H,1H3;1,3,5-7H,2,4H2. The molecule has 0 radical (unpaired) electrons. The number of nitrogens with zero attached hydrogens (tertiary/aromatic N) is 7. The Balaban J connectivity index is 0.000000156. The first kappa shape index (κ1) is 29.2. The lowest BCUT2D eigenvalue weighted by Crippen LogP contribution is -2.09. The van der Waals surface area contributed by atoms with Crippen LogP contribution < -0.4 is 9.47 Å². The molecule has 0 fully saturated rings. The zero-order chi connectivity index (χ0) is 31.2. The molecule has 16 heteroatoms. The summed E-state index contributed by atoms with van der Waals surface area (Å²) in [6, 6.07) is 12.4. The van der Waals surface area contributed by atoms with Crippen molar-refractivity contribution in [3.8, 4) is 23.0 Å². The molecule has 0 amide bonds. The van der Waals surface area contributed by atoms with Crippen molar-refractivity contribution in [2.45, 2.75) is 25.3 Å². The summed E-state index contributed by atoms with van der Waals surface area (Å²) in [6.07, 6.45) is -4.31. The number of benzene rings is 1. The average molecular weight is 634 g/mol. The van der Waals surface area contributed by atoms with E-state index in [4.69, 9.17) is 21.1 Å². The third-order valence-electron chi connectivity index (χ3n) is 6.46. The molecule has 6 aromatic rings. The number of alkyl halides is 6. The normalized spacial score (nSPS) is 13.0. The highest BCUT2D eigenvalue weighted by atomic mass is 35.5. The molecule has 4 bridgehead atoms. The van der Waals surface area contributed by atoms with Crippen LogP contribution in [-0.4, -0.2) is 34.5 Å². The Morgan fingerprint density at radius 3 is 2.30 bits per heavy atom. The summed E-state index contributed by atoms with van der Waals surface area (Å²) < 4.78 is 91.8. The number of aromatic nitrogens is 7. The van der Waals surface area contributed by atoms with Crippen molar-refractivity contribution in [3.63, 3.8) is 0 Å². The van der Waals surface area contributed by atoms with E-state index in [1.807, 2.05) is 0 Å². The molecule has 0 saturated heterocycles. The molecule has 1 aromatic carbocycles. The zero-order valence-electron chi connectivity index (χ0n) is 22.4. The van der Waals surface area contributed by atoms with Gasteiger partial charge in [-0.1, -0.05) is 11.6 Å². The second-order valence-electron chi connectivity index (χ2n) is 9.51. The first-order chi connectivity index (χ1) is 20.8. The van der Waals surface area contributed by atoms with Crippen LogP contribution >= 0.6 is 11.6 Å². The van der Waals surface area contributed by atoms with Crippen LogP contribution in [0.15, 0.2) is 67.1 Å². The molecule has 7 rings (SSSR count). The van der Waals surface area contributed by atoms with E-state index in [0.717, 1.165) is 5.69 Å². The van der Waals surface area contributed by atoms with Crippen LogP contribution in [0.5, 0.6) is 23.0 Å². The highest BCUT2D eigenvalue weighted by Crippen LogP contribution is 2.37. The number of hydrogen-bond donors (Lipinski definition) is 0. The Labute approximate surface area is 248 Å². The predicted octanol–water partition coefficient (Wildman–Crippen LogP) is 7.63. The van der Waals surface area contributed by atoms with Gasteiger partial charge in [0.1, 0.15) is 33.7 Å². The van der Waals surface area contributed by atoms with Crippen molar-refractivity contribution in [2.24, 2.45) is 7.05 Å². The molecular weight excluding hydrogens is 616 g/mol. The number of fused-ring (bicyclic) bond motifs is 4. The van der Waals surface area contributed by atoms with Crippen molar-refractivity contribution in [3.05, 3.63) is 89.4 Å². The summed E-state index contributed by atoms with van der Waals surface area (Å²) in [5, 5.41) is 7.42. The average Bonchev–Trinajstić information content (AvgIpc) is 3.50. The lowest BCUT2D eigenvalue weighted by molar-refractivity contribution is -0.141. The van der Waals surface area contributed by atoms with E-state index in [2.05, 4.69) is 25.1 Å². The molecule has 1 aliphatic rings. The summed E-state index contributed by atoms with van der Waals surface area (Å²) >= 11 is 5.74. The maximum absolute atomic E-state index is 13.1. The number of hydrogen-bond acceptors (Lipinski definition) is 7. The van der Waals surface area contributed by atoms with Gasteiger partial charge in [0.05, 0.1) is 17.2 Å². The van der Waals surface area contributed by atoms with Gasteiger partial charge in [-0.15, -0.1) is 0 Å². The van der Waals surface area contributed by atoms with Gasteiger partial charge in [0.15, 0.2) is 11.4 Å². The topological polar surface area (TPSA) is 92.8 Å². The van der Waals surface area contributed by atoms with Gasteiger partial charge in [-0.3, -0.25) is 14.3 Å². The van der Waals surface area contributed by atoms with Crippen LogP contribution in [0.2, 0.25) is 5.15 Å². The molecule has 0 spiro atoms. The molecule has 0 unspecified atom stereocenters. The third kappa shape index (κ3) is 5.95. The summed E-state index contributed by atoms with van der Waals surface area (Å²) in [6.45, 7) is 0.286. The fourth-order valence-electron chi connectivity index (χ4n) is 4.57. The van der Waals surface area contributed by atoms with E-state index in [1.54, 1.807) is 30.5 Å². The Morgan fingerprint density at radius 2 is 1.55 bits per heavy atom. The fourth-order valence-corrected chi connectivity index (χ4v) is 4.73. The monoisotopic (exact) mass is 633 g/mol. The largest absolute Gasteiger partial charge is 0.457 e. The van der Waals surface area contributed by atoms with Crippen LogP contribution in [-0.2, 0) is 32.4 Å². The van der Waals surface area contributed by atoms with Crippen molar-refractivity contribution < 1.29 is 35.8 Å². The van der Waals surface area contributed by atoms with Gasteiger partial charge in [0.2, 0.25) is 0 Å². The maximum Gasteiger partial charge on any atom is 0.437 e. The minimum Gasteiger partial charge on any atom is -0.457 e. The summed E-state index contributed by atoms with van der Waals surface area (Å²) in [7, 11) is 1.46. The van der Waals surface area contributed by atoms with E-state index in [9.17, 15) is 26.3 Å². The van der Waals surface area contributed by atoms with Gasteiger partial charge in [-0.25, -0.2) is 9.97 Å². The highest BCUT2D eigenvalue weighted by Gasteiger charge is 2.38. The Hall–Kier alpha value is -4.92. The Bertz CT molecular complexity index is 2010. The molecule has 0 saturated carbocycles. The van der Waals surface area contributed by atoms with Gasteiger partial charge in [-0.05, 0) is 30.3 Å². The number of rotatable bonds is 2. The maximum atomic E-state index is 13.1. The Kier molecular flexibility index (Phi) is 7.27. The molecule has 0 aliphatic carbocycles. The molecule has 5 aromatic heterocycles. The van der Waals surface area contributed by atoms with Crippen molar-refractivity contribution in [1.29, 1.82) is 0 Å². The smallest absolute Gasteiger partial charge is 0.437 e. The lowest BCUT2D eigenvalue weighted by Gasteiger charge is -2.10. The first-order valence-electron chi connectivity index (χ1n) is 12.7. The minimum absolute atomic E-state index is 0.0207. The van der Waals surface area contributed by atoms with Crippen molar-refractivity contribution in [2.75, 3.05) is 0 Å². The fraction of sp³-hybridized carbons (Fsp3) is 0.179. The highest BCUT2D eigenvalue weighted by molar-refractivity contribution is 6.29. The van der Waals surface area contributed by atoms with Crippen LogP contribution in [0.3, 0.4) is 0 Å². The van der Waals surface area contributed by atoms with Gasteiger partial charge in [0, 0.05) is 61.7 Å². The Morgan fingerprint density at radius 1 is 0.795 bits per heavy atom. The van der Waals surface area contributed by atoms with Crippen LogP contribution in [0.25, 0.3) is 21.9 Å². The number of ether oxygens (including phenoxy) is 2. The SMILES string of the molecule is Cn1nc(C(F)(F)F)c2cc(Oc3ccnc(Cl)c3)ccc21.FC(F)(F)c1nn2c3cc(cnc13)Oc1ccnc(c1)CC2. The number of aryl methyl sites for hydroxylation is 3. The molecule has 44 heavy (non-hydrogen) atoms. The van der Waals surface area contributed by atoms with Gasteiger partial charge >= 0.3 is 12.4 Å². The van der Waals surface area contributed by atoms with E-state index >= 15 is 0 Å². The molecule has 9 nitrogen and oxygen atoms in total. The summed E-state index contributed by atoms with van der Waals surface area (Å²) in [4.78, 5) is 11.9. The van der Waals surface area contributed by atoms with Crippen LogP contribution in [0.4, 0.5) is 26.3 Å². The quantitative estimate of drug-likeness (QED) is 0.143. The van der Waals surface area contributed by atoms with Gasteiger partial charge in [0.25, 0.3) is 0 Å². The molecular formula is C28H18ClF6N7O2. The van der Waals surface area contributed by atoms with E-state index in [0.29, 0.717) is 34.7 Å². The molecule has 6 heterocycles. The van der Waals surface area contributed by atoms with Gasteiger partial charge < -0.3 is 9.47 Å². The zero-order valence-corrected chi connectivity index (χ0v) is 23.1. The van der Waals surface area contributed by atoms with Crippen molar-refractivity contribution in [1.82, 2.24) is 34.5 Å². The first-order valence-corrected chi connectivity index (χ1v) is 13.1. The van der Waals surface area contributed by atoms with E-state index in [1.165, 1.54) is 53.1 Å². The van der Waals surface area contributed by atoms with Crippen LogP contribution in [0, 0.1) is 0 Å². The van der Waals surface area contributed by atoms with Gasteiger partial charge in [-0.2, -0.15) is 36.5 Å². The van der Waals surface area contributed by atoms with E-state index < -0.39 is 23.7 Å². The molecule has 0 N–H and O–H groups in total. The molecule has 0 atom stereocenters. The summed E-state index contributed by atoms with van der Waals surface area (Å²) in [5.41, 5.74) is -0.691. The third-order valence-corrected chi connectivity index (χ3v) is 6.67. The summed E-state index contributed by atoms with van der Waals surface area (Å²) in [5.74, 6) is 1.58. The second-order valence-corrected chi connectivity index (χ2v) is 9.90. The van der Waals surface area contributed by atoms with E-state index in [-0.39, 0.29) is 28.4 Å². The predicted molar refractivity (Wildman–Crippen MR) is 146 cm³/mol. The van der Waals surface area contributed by atoms with Crippen LogP contribution in [0.1, 0.15) is 17.1 Å². The lowest BCUT2D eigenvalue weighted by atomic mass is 10.2.